The van der Waals surface area contributed by atoms with E-state index in [0.717, 1.165) is 19.3 Å². The molecule has 0 fully saturated rings. The van der Waals surface area contributed by atoms with Gasteiger partial charge in [0.1, 0.15) is 11.9 Å². The third-order valence-electron chi connectivity index (χ3n) is 2.96. The molecule has 1 unspecified atom stereocenters. The highest BCUT2D eigenvalue weighted by atomic mass is 16.6. The van der Waals surface area contributed by atoms with Crippen LogP contribution in [0.4, 0.5) is 5.69 Å². The van der Waals surface area contributed by atoms with Crippen molar-refractivity contribution in [1.82, 2.24) is 0 Å². The van der Waals surface area contributed by atoms with Crippen LogP contribution in [0.1, 0.15) is 24.8 Å². The number of non-ortho nitro benzene ring substituents is 1. The number of hydrogen-bond acceptors (Lipinski definition) is 4. The molecule has 96 valence electrons. The van der Waals surface area contributed by atoms with Gasteiger partial charge in [0.05, 0.1) is 4.92 Å². The van der Waals surface area contributed by atoms with Gasteiger partial charge in [-0.05, 0) is 31.4 Å². The van der Waals surface area contributed by atoms with E-state index in [1.165, 1.54) is 12.1 Å². The van der Waals surface area contributed by atoms with Crippen molar-refractivity contribution in [3.8, 4) is 5.75 Å². The number of nitrogens with zero attached hydrogens (tertiary/aromatic N) is 1. The fraction of sp³-hybridized carbons (Fsp3) is 0.385. The molecule has 0 saturated heterocycles. The maximum atomic E-state index is 10.7. The van der Waals surface area contributed by atoms with Gasteiger partial charge in [-0.15, -0.1) is 0 Å². The molecule has 1 aliphatic carbocycles. The molecule has 5 heteroatoms. The Morgan fingerprint density at radius 3 is 2.94 bits per heavy atom. The molecule has 1 atom stereocenters. The first-order valence-corrected chi connectivity index (χ1v) is 6.01. The van der Waals surface area contributed by atoms with Crippen molar-refractivity contribution >= 4 is 5.69 Å². The van der Waals surface area contributed by atoms with E-state index in [-0.39, 0.29) is 18.3 Å². The molecule has 1 aliphatic rings. The van der Waals surface area contributed by atoms with Gasteiger partial charge >= 0.3 is 0 Å². The van der Waals surface area contributed by atoms with E-state index in [0.29, 0.717) is 11.3 Å². The Morgan fingerprint density at radius 1 is 1.50 bits per heavy atom. The summed E-state index contributed by atoms with van der Waals surface area (Å²) < 4.78 is 5.82. The van der Waals surface area contributed by atoms with Crippen LogP contribution in [-0.2, 0) is 6.54 Å². The topological polar surface area (TPSA) is 78.4 Å². The number of benzene rings is 1. The summed E-state index contributed by atoms with van der Waals surface area (Å²) in [6, 6.07) is 4.55. The van der Waals surface area contributed by atoms with Crippen LogP contribution in [0.3, 0.4) is 0 Å². The second-order valence-electron chi connectivity index (χ2n) is 4.27. The van der Waals surface area contributed by atoms with Crippen LogP contribution < -0.4 is 10.5 Å². The highest BCUT2D eigenvalue weighted by molar-refractivity contribution is 5.44. The number of rotatable bonds is 4. The van der Waals surface area contributed by atoms with Crippen LogP contribution in [0, 0.1) is 10.1 Å². The summed E-state index contributed by atoms with van der Waals surface area (Å²) in [7, 11) is 0. The summed E-state index contributed by atoms with van der Waals surface area (Å²) in [4.78, 5) is 10.3. The van der Waals surface area contributed by atoms with Crippen molar-refractivity contribution in [1.29, 1.82) is 0 Å². The van der Waals surface area contributed by atoms with Crippen LogP contribution in [0.25, 0.3) is 0 Å². The van der Waals surface area contributed by atoms with Crippen LogP contribution in [-0.4, -0.2) is 11.0 Å². The van der Waals surface area contributed by atoms with Gasteiger partial charge < -0.3 is 10.5 Å². The van der Waals surface area contributed by atoms with E-state index in [2.05, 4.69) is 6.08 Å². The predicted octanol–water partition coefficient (Wildman–Crippen LogP) is 2.54. The molecule has 0 aliphatic heterocycles. The first kappa shape index (κ1) is 12.6. The third-order valence-corrected chi connectivity index (χ3v) is 2.96. The fourth-order valence-electron chi connectivity index (χ4n) is 2.00. The average Bonchev–Trinajstić information content (AvgIpc) is 2.40. The summed E-state index contributed by atoms with van der Waals surface area (Å²) >= 11 is 0. The lowest BCUT2D eigenvalue weighted by atomic mass is 10.1. The van der Waals surface area contributed by atoms with Crippen molar-refractivity contribution in [2.75, 3.05) is 0 Å². The Morgan fingerprint density at radius 2 is 2.33 bits per heavy atom. The van der Waals surface area contributed by atoms with E-state index < -0.39 is 4.92 Å². The Hall–Kier alpha value is -1.88. The zero-order valence-corrected chi connectivity index (χ0v) is 10.0. The summed E-state index contributed by atoms with van der Waals surface area (Å²) in [6.45, 7) is 0.230. The minimum atomic E-state index is -0.427. The van der Waals surface area contributed by atoms with Gasteiger partial charge in [-0.1, -0.05) is 6.08 Å². The zero-order valence-electron chi connectivity index (χ0n) is 10.0. The van der Waals surface area contributed by atoms with Gasteiger partial charge in [-0.25, -0.2) is 0 Å². The van der Waals surface area contributed by atoms with Crippen molar-refractivity contribution in [3.05, 3.63) is 46.0 Å². The second kappa shape index (κ2) is 5.64. The van der Waals surface area contributed by atoms with E-state index in [9.17, 15) is 10.1 Å². The molecule has 1 aromatic rings. The molecule has 0 heterocycles. The van der Waals surface area contributed by atoms with Crippen molar-refractivity contribution in [2.45, 2.75) is 31.9 Å². The van der Waals surface area contributed by atoms with Crippen LogP contribution >= 0.6 is 0 Å². The predicted molar refractivity (Wildman–Crippen MR) is 68.4 cm³/mol. The molecule has 0 bridgehead atoms. The molecular formula is C13H16N2O3. The number of nitro benzene ring substituents is 1. The number of allylic oxidation sites excluding steroid dienone is 1. The summed E-state index contributed by atoms with van der Waals surface area (Å²) in [6.07, 6.45) is 7.34. The lowest BCUT2D eigenvalue weighted by Gasteiger charge is -2.20. The van der Waals surface area contributed by atoms with Crippen LogP contribution in [0.15, 0.2) is 30.4 Å². The smallest absolute Gasteiger partial charge is 0.270 e. The SMILES string of the molecule is NCc1cc([N+](=O)[O-])ccc1OC1C=CCCC1. The number of ether oxygens (including phenoxy) is 1. The summed E-state index contributed by atoms with van der Waals surface area (Å²) in [5, 5.41) is 10.7. The molecule has 2 N–H and O–H groups in total. The average molecular weight is 248 g/mol. The fourth-order valence-corrected chi connectivity index (χ4v) is 2.00. The quantitative estimate of drug-likeness (QED) is 0.504. The number of hydrogen-bond donors (Lipinski definition) is 1. The standard InChI is InChI=1S/C13H16N2O3/c14-9-10-8-11(15(16)17)6-7-13(10)18-12-4-2-1-3-5-12/h2,4,6-8,12H,1,3,5,9,14H2. The molecule has 18 heavy (non-hydrogen) atoms. The zero-order chi connectivity index (χ0) is 13.0. The highest BCUT2D eigenvalue weighted by Gasteiger charge is 2.15. The van der Waals surface area contributed by atoms with Crippen LogP contribution in [0.2, 0.25) is 0 Å². The molecular weight excluding hydrogens is 232 g/mol. The Kier molecular flexibility index (Phi) is 3.94. The highest BCUT2D eigenvalue weighted by Crippen LogP contribution is 2.26. The van der Waals surface area contributed by atoms with Crippen molar-refractivity contribution in [3.63, 3.8) is 0 Å². The Bertz CT molecular complexity index is 471. The van der Waals surface area contributed by atoms with Gasteiger partial charge in [0.25, 0.3) is 5.69 Å². The maximum Gasteiger partial charge on any atom is 0.270 e. The second-order valence-corrected chi connectivity index (χ2v) is 4.27. The van der Waals surface area contributed by atoms with E-state index >= 15 is 0 Å². The maximum absolute atomic E-state index is 10.7. The molecule has 1 aromatic carbocycles. The number of nitrogens with two attached hydrogens (primary N) is 1. The molecule has 0 saturated carbocycles. The van der Waals surface area contributed by atoms with Crippen molar-refractivity contribution < 1.29 is 9.66 Å². The minimum absolute atomic E-state index is 0.0435. The lowest BCUT2D eigenvalue weighted by Crippen LogP contribution is -2.17. The molecule has 0 spiro atoms. The van der Waals surface area contributed by atoms with Gasteiger partial charge in [-0.3, -0.25) is 10.1 Å². The molecule has 0 radical (unpaired) electrons. The minimum Gasteiger partial charge on any atom is -0.486 e. The molecule has 0 aromatic heterocycles. The molecule has 2 rings (SSSR count). The van der Waals surface area contributed by atoms with E-state index in [1.807, 2.05) is 6.08 Å². The lowest BCUT2D eigenvalue weighted by molar-refractivity contribution is -0.384. The van der Waals surface area contributed by atoms with Gasteiger partial charge in [0.15, 0.2) is 0 Å². The summed E-state index contributed by atoms with van der Waals surface area (Å²) in [5.41, 5.74) is 6.32. The van der Waals surface area contributed by atoms with Crippen molar-refractivity contribution in [2.24, 2.45) is 5.73 Å². The monoisotopic (exact) mass is 248 g/mol. The normalized spacial score (nSPS) is 18.6. The van der Waals surface area contributed by atoms with Crippen LogP contribution in [0.5, 0.6) is 5.75 Å². The van der Waals surface area contributed by atoms with Gasteiger partial charge in [0, 0.05) is 24.2 Å². The van der Waals surface area contributed by atoms with E-state index in [1.54, 1.807) is 6.07 Å². The summed E-state index contributed by atoms with van der Waals surface area (Å²) in [5.74, 6) is 0.639. The van der Waals surface area contributed by atoms with E-state index in [4.69, 9.17) is 10.5 Å². The molecule has 5 nitrogen and oxygen atoms in total. The first-order chi connectivity index (χ1) is 8.70. The first-order valence-electron chi connectivity index (χ1n) is 6.01. The number of nitro groups is 1. The largest absolute Gasteiger partial charge is 0.486 e. The Labute approximate surface area is 105 Å². The molecule has 0 amide bonds. The third kappa shape index (κ3) is 2.87. The Balaban J connectivity index is 2.19. The van der Waals surface area contributed by atoms with Gasteiger partial charge in [-0.2, -0.15) is 0 Å². The van der Waals surface area contributed by atoms with Gasteiger partial charge in [0.2, 0.25) is 0 Å².